The highest BCUT2D eigenvalue weighted by atomic mass is 15.1. The number of nitrogens with zero attached hydrogens (tertiary/aromatic N) is 2. The third-order valence-electron chi connectivity index (χ3n) is 7.35. The van der Waals surface area contributed by atoms with E-state index in [0.717, 1.165) is 0 Å². The molecule has 2 nitrogen and oxygen atoms in total. The lowest BCUT2D eigenvalue weighted by Gasteiger charge is -2.07. The molecule has 194 valence electrons. The Kier molecular flexibility index (Phi) is 21.1. The summed E-state index contributed by atoms with van der Waals surface area (Å²) < 4.78 is 5.18. The molecule has 0 spiro atoms. The van der Waals surface area contributed by atoms with E-state index in [1.807, 2.05) is 0 Å². The SMILES string of the molecule is CCCCCCCCCCCCCCCn1cc[n+](CCCCCCC)c1CCCCCC. The van der Waals surface area contributed by atoms with Crippen LogP contribution in [0.3, 0.4) is 0 Å². The van der Waals surface area contributed by atoms with Gasteiger partial charge in [0.1, 0.15) is 12.4 Å². The van der Waals surface area contributed by atoms with Crippen molar-refractivity contribution in [3.63, 3.8) is 0 Å². The van der Waals surface area contributed by atoms with Gasteiger partial charge >= 0.3 is 0 Å². The maximum Gasteiger partial charge on any atom is 0.256 e. The van der Waals surface area contributed by atoms with Crippen molar-refractivity contribution >= 4 is 0 Å². The van der Waals surface area contributed by atoms with Crippen molar-refractivity contribution in [3.05, 3.63) is 18.2 Å². The van der Waals surface area contributed by atoms with Gasteiger partial charge in [-0.3, -0.25) is 0 Å². The first-order valence-electron chi connectivity index (χ1n) is 15.4. The maximum atomic E-state index is 2.59. The van der Waals surface area contributed by atoms with Crippen LogP contribution in [0, 0.1) is 0 Å². The van der Waals surface area contributed by atoms with Gasteiger partial charge in [-0.2, -0.15) is 0 Å². The minimum absolute atomic E-state index is 1.22. The number of unbranched alkanes of at least 4 members (excludes halogenated alkanes) is 19. The molecule has 0 bridgehead atoms. The molecule has 0 aliphatic rings. The van der Waals surface area contributed by atoms with E-state index in [2.05, 4.69) is 42.3 Å². The minimum atomic E-state index is 1.22. The van der Waals surface area contributed by atoms with Gasteiger partial charge < -0.3 is 0 Å². The fraction of sp³-hybridized carbons (Fsp3) is 0.903. The topological polar surface area (TPSA) is 8.81 Å². The predicted octanol–water partition coefficient (Wildman–Crippen LogP) is 9.96. The summed E-state index contributed by atoms with van der Waals surface area (Å²) in [7, 11) is 0. The molecule has 0 aromatic carbocycles. The summed E-state index contributed by atoms with van der Waals surface area (Å²) in [6, 6.07) is 0. The van der Waals surface area contributed by atoms with E-state index >= 15 is 0 Å². The molecular weight excluding hydrogens is 400 g/mol. The van der Waals surface area contributed by atoms with Gasteiger partial charge in [0, 0.05) is 6.42 Å². The van der Waals surface area contributed by atoms with Crippen LogP contribution in [0.15, 0.2) is 12.4 Å². The second-order valence-corrected chi connectivity index (χ2v) is 10.6. The lowest BCUT2D eigenvalue weighted by atomic mass is 10.0. The first kappa shape index (κ1) is 30.2. The lowest BCUT2D eigenvalue weighted by Crippen LogP contribution is -2.37. The van der Waals surface area contributed by atoms with E-state index < -0.39 is 0 Å². The number of rotatable bonds is 25. The maximum absolute atomic E-state index is 2.59. The molecule has 0 radical (unpaired) electrons. The highest BCUT2D eigenvalue weighted by Crippen LogP contribution is 2.14. The first-order chi connectivity index (χ1) is 16.3. The molecule has 1 aromatic heterocycles. The van der Waals surface area contributed by atoms with Crippen LogP contribution in [0.2, 0.25) is 0 Å². The van der Waals surface area contributed by atoms with E-state index in [-0.39, 0.29) is 0 Å². The molecule has 0 fully saturated rings. The molecule has 0 aliphatic heterocycles. The highest BCUT2D eigenvalue weighted by molar-refractivity contribution is 4.84. The fourth-order valence-electron chi connectivity index (χ4n) is 5.09. The Balaban J connectivity index is 2.21. The Morgan fingerprint density at radius 3 is 1.45 bits per heavy atom. The molecule has 0 aliphatic carbocycles. The summed E-state index contributed by atoms with van der Waals surface area (Å²) >= 11 is 0. The van der Waals surface area contributed by atoms with Gasteiger partial charge in [-0.1, -0.05) is 130 Å². The summed E-state index contributed by atoms with van der Waals surface area (Å²) in [6.45, 7) is 9.37. The van der Waals surface area contributed by atoms with Crippen molar-refractivity contribution in [2.45, 2.75) is 182 Å². The largest absolute Gasteiger partial charge is 0.256 e. The molecule has 1 rings (SSSR count). The number of hydrogen-bond acceptors (Lipinski definition) is 0. The fourth-order valence-corrected chi connectivity index (χ4v) is 5.09. The summed E-state index contributed by atoms with van der Waals surface area (Å²) in [6.07, 6.45) is 37.0. The number of hydrogen-bond donors (Lipinski definition) is 0. The van der Waals surface area contributed by atoms with Gasteiger partial charge in [0.25, 0.3) is 5.82 Å². The second-order valence-electron chi connectivity index (χ2n) is 10.6. The van der Waals surface area contributed by atoms with Gasteiger partial charge in [-0.05, 0) is 32.1 Å². The van der Waals surface area contributed by atoms with Crippen molar-refractivity contribution in [1.82, 2.24) is 4.57 Å². The molecule has 2 heteroatoms. The number of imidazole rings is 1. The normalized spacial score (nSPS) is 11.5. The molecule has 0 atom stereocenters. The van der Waals surface area contributed by atoms with Crippen LogP contribution in [0.25, 0.3) is 0 Å². The van der Waals surface area contributed by atoms with Crippen LogP contribution < -0.4 is 4.57 Å². The zero-order valence-electron chi connectivity index (χ0n) is 23.2. The predicted molar refractivity (Wildman–Crippen MR) is 147 cm³/mol. The van der Waals surface area contributed by atoms with Gasteiger partial charge in [0.05, 0.1) is 13.1 Å². The van der Waals surface area contributed by atoms with E-state index in [1.165, 1.54) is 161 Å². The van der Waals surface area contributed by atoms with Crippen LogP contribution in [-0.2, 0) is 19.5 Å². The molecule has 0 N–H and O–H groups in total. The van der Waals surface area contributed by atoms with Crippen LogP contribution in [-0.4, -0.2) is 4.57 Å². The van der Waals surface area contributed by atoms with E-state index in [9.17, 15) is 0 Å². The molecule has 0 saturated heterocycles. The smallest absolute Gasteiger partial charge is 0.234 e. The molecule has 0 unspecified atom stereocenters. The Hall–Kier alpha value is -0.790. The van der Waals surface area contributed by atoms with E-state index in [0.29, 0.717) is 0 Å². The zero-order valence-corrected chi connectivity index (χ0v) is 23.2. The molecule has 0 saturated carbocycles. The van der Waals surface area contributed by atoms with Crippen molar-refractivity contribution in [2.75, 3.05) is 0 Å². The number of aryl methyl sites for hydroxylation is 2. The third-order valence-corrected chi connectivity index (χ3v) is 7.35. The summed E-state index contributed by atoms with van der Waals surface area (Å²) in [5.41, 5.74) is 0. The van der Waals surface area contributed by atoms with Gasteiger partial charge in [0.2, 0.25) is 0 Å². The van der Waals surface area contributed by atoms with Crippen LogP contribution in [0.1, 0.15) is 168 Å². The Morgan fingerprint density at radius 2 is 0.939 bits per heavy atom. The highest BCUT2D eigenvalue weighted by Gasteiger charge is 2.16. The van der Waals surface area contributed by atoms with Gasteiger partial charge in [-0.15, -0.1) is 0 Å². The minimum Gasteiger partial charge on any atom is -0.234 e. The zero-order chi connectivity index (χ0) is 23.8. The van der Waals surface area contributed by atoms with Crippen LogP contribution >= 0.6 is 0 Å². The summed E-state index contributed by atoms with van der Waals surface area (Å²) in [5, 5.41) is 0. The average Bonchev–Trinajstić information content (AvgIpc) is 3.21. The van der Waals surface area contributed by atoms with E-state index in [1.54, 1.807) is 5.82 Å². The molecule has 33 heavy (non-hydrogen) atoms. The van der Waals surface area contributed by atoms with Crippen LogP contribution in [0.4, 0.5) is 0 Å². The molecule has 1 aromatic rings. The Morgan fingerprint density at radius 1 is 0.515 bits per heavy atom. The quantitative estimate of drug-likeness (QED) is 0.101. The standard InChI is InChI=1S/C31H61N2/c1-4-7-10-13-14-15-16-17-18-19-20-22-25-28-33-30-29-32(27-24-21-11-8-5-2)31(33)26-23-12-9-6-3/h29-30H,4-28H2,1-3H3/q+1. The summed E-state index contributed by atoms with van der Waals surface area (Å²) in [5.74, 6) is 1.60. The molecule has 0 amide bonds. The third kappa shape index (κ3) is 16.5. The van der Waals surface area contributed by atoms with Crippen molar-refractivity contribution in [3.8, 4) is 0 Å². The summed E-state index contributed by atoms with van der Waals surface area (Å²) in [4.78, 5) is 0. The Bertz CT molecular complexity index is 519. The number of aromatic nitrogens is 2. The average molecular weight is 462 g/mol. The molecule has 1 heterocycles. The van der Waals surface area contributed by atoms with Gasteiger partial charge in [0.15, 0.2) is 0 Å². The Labute approximate surface area is 208 Å². The van der Waals surface area contributed by atoms with E-state index in [4.69, 9.17) is 0 Å². The lowest BCUT2D eigenvalue weighted by molar-refractivity contribution is -0.704. The monoisotopic (exact) mass is 461 g/mol. The molecular formula is C31H61N2+. The first-order valence-corrected chi connectivity index (χ1v) is 15.4. The van der Waals surface area contributed by atoms with Crippen LogP contribution in [0.5, 0.6) is 0 Å². The van der Waals surface area contributed by atoms with Gasteiger partial charge in [-0.25, -0.2) is 9.13 Å². The van der Waals surface area contributed by atoms with Crippen molar-refractivity contribution in [2.24, 2.45) is 0 Å². The second kappa shape index (κ2) is 23.0. The van der Waals surface area contributed by atoms with Crippen molar-refractivity contribution in [1.29, 1.82) is 0 Å². The van der Waals surface area contributed by atoms with Crippen molar-refractivity contribution < 1.29 is 4.57 Å².